The Morgan fingerprint density at radius 2 is 2.07 bits per heavy atom. The zero-order valence-corrected chi connectivity index (χ0v) is 16.4. The highest BCUT2D eigenvalue weighted by Gasteiger charge is 2.48. The highest BCUT2D eigenvalue weighted by molar-refractivity contribution is 5.97. The molecule has 3 aliphatic rings. The summed E-state index contributed by atoms with van der Waals surface area (Å²) >= 11 is 0. The molecule has 0 radical (unpaired) electrons. The molecule has 4 heterocycles. The largest absolute Gasteiger partial charge is 0.477 e. The van der Waals surface area contributed by atoms with E-state index in [2.05, 4.69) is 9.88 Å². The Balaban J connectivity index is 1.42. The van der Waals surface area contributed by atoms with Crippen LogP contribution in [0.5, 0.6) is 5.88 Å². The van der Waals surface area contributed by atoms with Gasteiger partial charge in [0.05, 0.1) is 31.9 Å². The lowest BCUT2D eigenvalue weighted by molar-refractivity contribution is -0.129. The minimum atomic E-state index is -0.0909. The molecule has 0 saturated carbocycles. The molecule has 0 N–H and O–H groups in total. The number of morpholine rings is 1. The van der Waals surface area contributed by atoms with Crippen molar-refractivity contribution in [2.24, 2.45) is 0 Å². The van der Waals surface area contributed by atoms with Crippen LogP contribution in [0.25, 0.3) is 0 Å². The number of ether oxygens (including phenoxy) is 2. The van der Waals surface area contributed by atoms with Gasteiger partial charge in [-0.15, -0.1) is 0 Å². The number of hydrogen-bond acceptors (Lipinski definition) is 6. The van der Waals surface area contributed by atoms with E-state index in [1.165, 1.54) is 0 Å². The lowest BCUT2D eigenvalue weighted by atomic mass is 10.1. The second-order valence-corrected chi connectivity index (χ2v) is 7.46. The van der Waals surface area contributed by atoms with E-state index in [1.54, 1.807) is 18.3 Å². The number of fused-ring (bicyclic) bond motifs is 1. The van der Waals surface area contributed by atoms with Crippen LogP contribution in [-0.2, 0) is 9.53 Å². The van der Waals surface area contributed by atoms with E-state index >= 15 is 0 Å². The lowest BCUT2D eigenvalue weighted by Crippen LogP contribution is -2.45. The molecule has 0 aliphatic carbocycles. The van der Waals surface area contributed by atoms with Gasteiger partial charge in [0.15, 0.2) is 0 Å². The average molecular weight is 388 g/mol. The topological polar surface area (TPSA) is 75.2 Å². The fourth-order valence-corrected chi connectivity index (χ4v) is 4.50. The molecule has 3 saturated heterocycles. The van der Waals surface area contributed by atoms with Crippen LogP contribution in [0.4, 0.5) is 0 Å². The van der Waals surface area contributed by atoms with Gasteiger partial charge in [-0.3, -0.25) is 14.5 Å². The third-order valence-electron chi connectivity index (χ3n) is 5.92. The number of hydrogen-bond donors (Lipinski definition) is 0. The first kappa shape index (κ1) is 19.1. The molecule has 8 heteroatoms. The van der Waals surface area contributed by atoms with Crippen LogP contribution in [0.3, 0.4) is 0 Å². The Kier molecular flexibility index (Phi) is 5.77. The first-order valence-corrected chi connectivity index (χ1v) is 10.2. The number of carbonyl (C=O) groups excluding carboxylic acids is 2. The number of rotatable bonds is 6. The second kappa shape index (κ2) is 8.45. The molecule has 2 amide bonds. The van der Waals surface area contributed by atoms with E-state index in [-0.39, 0.29) is 23.9 Å². The van der Waals surface area contributed by atoms with Gasteiger partial charge in [-0.05, 0) is 25.5 Å². The van der Waals surface area contributed by atoms with Crippen molar-refractivity contribution in [3.63, 3.8) is 0 Å². The van der Waals surface area contributed by atoms with Crippen LogP contribution < -0.4 is 4.74 Å². The quantitative estimate of drug-likeness (QED) is 0.712. The van der Waals surface area contributed by atoms with Crippen LogP contribution in [0.2, 0.25) is 0 Å². The predicted molar refractivity (Wildman–Crippen MR) is 102 cm³/mol. The van der Waals surface area contributed by atoms with Crippen molar-refractivity contribution in [3.05, 3.63) is 23.9 Å². The van der Waals surface area contributed by atoms with Crippen LogP contribution in [0.1, 0.15) is 30.1 Å². The first-order valence-electron chi connectivity index (χ1n) is 10.2. The molecular formula is C20H28N4O4. The third kappa shape index (κ3) is 3.71. The summed E-state index contributed by atoms with van der Waals surface area (Å²) in [5.41, 5.74) is 0.476. The van der Waals surface area contributed by atoms with Gasteiger partial charge >= 0.3 is 0 Å². The minimum Gasteiger partial charge on any atom is -0.477 e. The zero-order valence-electron chi connectivity index (χ0n) is 16.4. The number of pyridine rings is 1. The predicted octanol–water partition coefficient (Wildman–Crippen LogP) is 0.628. The van der Waals surface area contributed by atoms with Crippen LogP contribution in [0.15, 0.2) is 18.3 Å². The van der Waals surface area contributed by atoms with E-state index in [4.69, 9.17) is 9.47 Å². The van der Waals surface area contributed by atoms with Crippen molar-refractivity contribution in [1.29, 1.82) is 0 Å². The molecule has 8 nitrogen and oxygen atoms in total. The maximum Gasteiger partial charge on any atom is 0.259 e. The van der Waals surface area contributed by atoms with Gasteiger partial charge in [-0.1, -0.05) is 0 Å². The van der Waals surface area contributed by atoms with Gasteiger partial charge < -0.3 is 19.3 Å². The van der Waals surface area contributed by atoms with E-state index in [9.17, 15) is 9.59 Å². The Morgan fingerprint density at radius 3 is 2.86 bits per heavy atom. The molecular weight excluding hydrogens is 360 g/mol. The van der Waals surface area contributed by atoms with E-state index < -0.39 is 0 Å². The summed E-state index contributed by atoms with van der Waals surface area (Å²) in [6, 6.07) is 3.56. The molecule has 1 aromatic rings. The number of carbonyl (C=O) groups is 2. The monoisotopic (exact) mass is 388 g/mol. The van der Waals surface area contributed by atoms with Gasteiger partial charge in [0.2, 0.25) is 11.8 Å². The van der Waals surface area contributed by atoms with E-state index in [0.717, 1.165) is 45.8 Å². The van der Waals surface area contributed by atoms with Crippen molar-refractivity contribution in [2.75, 3.05) is 52.5 Å². The van der Waals surface area contributed by atoms with Crippen molar-refractivity contribution in [1.82, 2.24) is 19.7 Å². The molecule has 0 bridgehead atoms. The fraction of sp³-hybridized carbons (Fsp3) is 0.650. The Hall–Kier alpha value is -2.19. The van der Waals surface area contributed by atoms with Crippen LogP contribution in [-0.4, -0.2) is 96.1 Å². The molecule has 0 unspecified atom stereocenters. The molecule has 3 fully saturated rings. The maximum atomic E-state index is 13.2. The molecule has 152 valence electrons. The SMILES string of the molecule is CCOc1ncccc1C(=O)N1CC[C@H]2[C@@H]1CC(=O)N2CCN1CCOCC1. The molecule has 28 heavy (non-hydrogen) atoms. The van der Waals surface area contributed by atoms with Gasteiger partial charge in [-0.2, -0.15) is 0 Å². The molecule has 0 spiro atoms. The third-order valence-corrected chi connectivity index (χ3v) is 5.92. The molecule has 0 aromatic carbocycles. The van der Waals surface area contributed by atoms with Crippen LogP contribution >= 0.6 is 0 Å². The second-order valence-electron chi connectivity index (χ2n) is 7.46. The number of likely N-dealkylation sites (tertiary alicyclic amines) is 2. The summed E-state index contributed by atoms with van der Waals surface area (Å²) in [6.07, 6.45) is 2.86. The number of aromatic nitrogens is 1. The highest BCUT2D eigenvalue weighted by atomic mass is 16.5. The Labute approximate surface area is 165 Å². The Morgan fingerprint density at radius 1 is 1.25 bits per heavy atom. The normalized spacial score (nSPS) is 25.2. The maximum absolute atomic E-state index is 13.2. The number of amides is 2. The van der Waals surface area contributed by atoms with Gasteiger partial charge in [0.25, 0.3) is 5.91 Å². The smallest absolute Gasteiger partial charge is 0.259 e. The van der Waals surface area contributed by atoms with Crippen molar-refractivity contribution in [3.8, 4) is 5.88 Å². The summed E-state index contributed by atoms with van der Waals surface area (Å²) in [5.74, 6) is 0.427. The van der Waals surface area contributed by atoms with Gasteiger partial charge in [0.1, 0.15) is 5.56 Å². The zero-order chi connectivity index (χ0) is 19.5. The van der Waals surface area contributed by atoms with Gasteiger partial charge in [-0.25, -0.2) is 4.98 Å². The number of nitrogens with zero attached hydrogens (tertiary/aromatic N) is 4. The molecule has 1 aromatic heterocycles. The molecule has 4 rings (SSSR count). The summed E-state index contributed by atoms with van der Waals surface area (Å²) in [7, 11) is 0. The van der Waals surface area contributed by atoms with Crippen LogP contribution in [0, 0.1) is 0 Å². The van der Waals surface area contributed by atoms with E-state index in [1.807, 2.05) is 16.7 Å². The van der Waals surface area contributed by atoms with E-state index in [0.29, 0.717) is 31.0 Å². The average Bonchev–Trinajstić information content (AvgIpc) is 3.25. The van der Waals surface area contributed by atoms with Crippen molar-refractivity contribution < 1.29 is 19.1 Å². The lowest BCUT2D eigenvalue weighted by Gasteiger charge is -2.30. The Bertz CT molecular complexity index is 722. The first-order chi connectivity index (χ1) is 13.7. The molecule has 2 atom stereocenters. The molecule has 3 aliphatic heterocycles. The summed E-state index contributed by atoms with van der Waals surface area (Å²) < 4.78 is 10.9. The summed E-state index contributed by atoms with van der Waals surface area (Å²) in [5, 5.41) is 0. The van der Waals surface area contributed by atoms with Crippen molar-refractivity contribution >= 4 is 11.8 Å². The van der Waals surface area contributed by atoms with Gasteiger partial charge in [0, 0.05) is 45.3 Å². The highest BCUT2D eigenvalue weighted by Crippen LogP contribution is 2.34. The summed E-state index contributed by atoms with van der Waals surface area (Å²) in [4.78, 5) is 36.2. The minimum absolute atomic E-state index is 0.0561. The van der Waals surface area contributed by atoms with Crippen molar-refractivity contribution in [2.45, 2.75) is 31.8 Å². The fourth-order valence-electron chi connectivity index (χ4n) is 4.50. The summed E-state index contributed by atoms with van der Waals surface area (Å²) in [6.45, 7) is 7.93. The standard InChI is InChI=1S/C20H28N4O4/c1-2-28-19-15(4-3-6-21-19)20(26)24-7-5-16-17(24)14-18(25)23(16)9-8-22-10-12-27-13-11-22/h3-4,6,16-17H,2,5,7-14H2,1H3/t16-,17-/m0/s1.